The molecule has 0 unspecified atom stereocenters. The van der Waals surface area contributed by atoms with Gasteiger partial charge in [0.05, 0.1) is 10.4 Å². The molecule has 2 heterocycles. The van der Waals surface area contributed by atoms with Gasteiger partial charge in [-0.1, -0.05) is 0 Å². The number of aliphatic imine (C=N–C) groups is 1. The Balaban J connectivity index is 2.25. The van der Waals surface area contributed by atoms with E-state index in [1.54, 1.807) is 18.0 Å². The van der Waals surface area contributed by atoms with Gasteiger partial charge in [-0.15, -0.1) is 0 Å². The number of carbonyl (C=O) groups is 1. The summed E-state index contributed by atoms with van der Waals surface area (Å²) >= 11 is 4.92. The van der Waals surface area contributed by atoms with Crippen LogP contribution in [-0.2, 0) is 4.79 Å². The standard InChI is InChI=1S/C7H5BrN2OS/c8-6-3-10-2-5(4-11)1-9-7(10)12-6/h1,3-4H,2H2. The van der Waals surface area contributed by atoms with E-state index >= 15 is 0 Å². The van der Waals surface area contributed by atoms with Gasteiger partial charge in [-0.05, 0) is 27.7 Å². The lowest BCUT2D eigenvalue weighted by Gasteiger charge is -2.18. The first kappa shape index (κ1) is 8.07. The zero-order valence-electron chi connectivity index (χ0n) is 6.03. The summed E-state index contributed by atoms with van der Waals surface area (Å²) in [6.45, 7) is 0.629. The van der Waals surface area contributed by atoms with Crippen molar-refractivity contribution in [2.45, 2.75) is 0 Å². The number of halogens is 1. The number of hydrogen-bond acceptors (Lipinski definition) is 4. The first-order valence-corrected chi connectivity index (χ1v) is 4.94. The van der Waals surface area contributed by atoms with Gasteiger partial charge in [0.15, 0.2) is 5.17 Å². The molecular formula is C7H5BrN2OS. The molecule has 0 bridgehead atoms. The van der Waals surface area contributed by atoms with Crippen LogP contribution in [0.1, 0.15) is 0 Å². The Morgan fingerprint density at radius 3 is 3.33 bits per heavy atom. The van der Waals surface area contributed by atoms with E-state index in [2.05, 4.69) is 20.9 Å². The Morgan fingerprint density at radius 1 is 1.75 bits per heavy atom. The Bertz CT molecular complexity index is 321. The molecule has 0 aromatic heterocycles. The lowest BCUT2D eigenvalue weighted by Crippen LogP contribution is -2.25. The van der Waals surface area contributed by atoms with E-state index in [-0.39, 0.29) is 0 Å². The molecule has 0 aromatic rings. The van der Waals surface area contributed by atoms with Crippen molar-refractivity contribution in [2.75, 3.05) is 6.54 Å². The summed E-state index contributed by atoms with van der Waals surface area (Å²) in [5, 5.41) is 0.924. The minimum Gasteiger partial charge on any atom is -0.321 e. The molecule has 0 aromatic carbocycles. The molecule has 0 saturated carbocycles. The molecule has 0 spiro atoms. The maximum atomic E-state index is 10.4. The maximum Gasteiger partial charge on any atom is 0.173 e. The normalized spacial score (nSPS) is 21.1. The molecule has 2 rings (SSSR count). The Hall–Kier alpha value is -0.550. The van der Waals surface area contributed by atoms with Crippen molar-refractivity contribution >= 4 is 39.1 Å². The van der Waals surface area contributed by atoms with Crippen LogP contribution in [0.15, 0.2) is 26.8 Å². The van der Waals surface area contributed by atoms with Gasteiger partial charge in [0.2, 0.25) is 0 Å². The van der Waals surface area contributed by atoms with Gasteiger partial charge in [-0.25, -0.2) is 4.99 Å². The second-order valence-electron chi connectivity index (χ2n) is 2.40. The second kappa shape index (κ2) is 3.06. The van der Waals surface area contributed by atoms with Crippen LogP contribution < -0.4 is 0 Å². The quantitative estimate of drug-likeness (QED) is 0.659. The lowest BCUT2D eigenvalue weighted by molar-refractivity contribution is -0.105. The predicted octanol–water partition coefficient (Wildman–Crippen LogP) is 1.68. The van der Waals surface area contributed by atoms with Gasteiger partial charge in [0.1, 0.15) is 6.29 Å². The fourth-order valence-electron chi connectivity index (χ4n) is 1.01. The minimum absolute atomic E-state index is 0.629. The molecule has 62 valence electrons. The fraction of sp³-hybridized carbons (Fsp3) is 0.143. The van der Waals surface area contributed by atoms with Crippen LogP contribution in [-0.4, -0.2) is 22.9 Å². The van der Waals surface area contributed by atoms with Crippen LogP contribution in [0.3, 0.4) is 0 Å². The number of thioether (sulfide) groups is 1. The first-order valence-electron chi connectivity index (χ1n) is 3.33. The van der Waals surface area contributed by atoms with Crippen LogP contribution >= 0.6 is 27.7 Å². The van der Waals surface area contributed by atoms with Crippen LogP contribution in [0.5, 0.6) is 0 Å². The summed E-state index contributed by atoms with van der Waals surface area (Å²) in [4.78, 5) is 16.5. The molecule has 0 N–H and O–H groups in total. The first-order chi connectivity index (χ1) is 5.79. The van der Waals surface area contributed by atoms with E-state index in [9.17, 15) is 4.79 Å². The molecule has 3 nitrogen and oxygen atoms in total. The Labute approximate surface area is 82.3 Å². The molecular weight excluding hydrogens is 240 g/mol. The van der Waals surface area contributed by atoms with Gasteiger partial charge >= 0.3 is 0 Å². The van der Waals surface area contributed by atoms with E-state index in [4.69, 9.17) is 0 Å². The smallest absolute Gasteiger partial charge is 0.173 e. The lowest BCUT2D eigenvalue weighted by atomic mass is 10.3. The van der Waals surface area contributed by atoms with Crippen molar-refractivity contribution in [3.8, 4) is 0 Å². The molecule has 0 amide bonds. The summed E-state index contributed by atoms with van der Waals surface area (Å²) in [5.74, 6) is 0. The Morgan fingerprint density at radius 2 is 2.58 bits per heavy atom. The number of fused-ring (bicyclic) bond motifs is 1. The average Bonchev–Trinajstić information content (AvgIpc) is 2.43. The van der Waals surface area contributed by atoms with Crippen LogP contribution in [0.25, 0.3) is 0 Å². The third kappa shape index (κ3) is 1.34. The number of amidine groups is 1. The third-order valence-electron chi connectivity index (χ3n) is 1.54. The van der Waals surface area contributed by atoms with Crippen molar-refractivity contribution < 1.29 is 4.79 Å². The SMILES string of the molecule is O=CC1=CN=C2SC(Br)=CN2C1. The summed E-state index contributed by atoms with van der Waals surface area (Å²) in [6, 6.07) is 0. The number of carbonyl (C=O) groups excluding carboxylic acids is 1. The van der Waals surface area contributed by atoms with Gasteiger partial charge in [0.25, 0.3) is 0 Å². The molecule has 0 aliphatic carbocycles. The maximum absolute atomic E-state index is 10.4. The van der Waals surface area contributed by atoms with E-state index in [1.165, 1.54) is 0 Å². The zero-order chi connectivity index (χ0) is 8.55. The summed E-state index contributed by atoms with van der Waals surface area (Å²) in [7, 11) is 0. The van der Waals surface area contributed by atoms with Crippen molar-refractivity contribution in [1.82, 2.24) is 4.90 Å². The van der Waals surface area contributed by atoms with Crippen molar-refractivity contribution in [3.63, 3.8) is 0 Å². The van der Waals surface area contributed by atoms with Crippen LogP contribution in [0, 0.1) is 0 Å². The molecule has 0 saturated heterocycles. The topological polar surface area (TPSA) is 32.7 Å². The largest absolute Gasteiger partial charge is 0.321 e. The van der Waals surface area contributed by atoms with E-state index in [1.807, 2.05) is 11.1 Å². The van der Waals surface area contributed by atoms with E-state index in [0.717, 1.165) is 15.3 Å². The number of aldehydes is 1. The van der Waals surface area contributed by atoms with E-state index in [0.29, 0.717) is 12.1 Å². The highest BCUT2D eigenvalue weighted by Gasteiger charge is 2.22. The molecule has 0 radical (unpaired) electrons. The zero-order valence-corrected chi connectivity index (χ0v) is 8.43. The predicted molar refractivity (Wildman–Crippen MR) is 52.9 cm³/mol. The molecule has 2 aliphatic rings. The van der Waals surface area contributed by atoms with E-state index < -0.39 is 0 Å². The highest BCUT2D eigenvalue weighted by Crippen LogP contribution is 2.34. The summed E-state index contributed by atoms with van der Waals surface area (Å²) < 4.78 is 1.03. The highest BCUT2D eigenvalue weighted by atomic mass is 79.9. The van der Waals surface area contributed by atoms with Gasteiger partial charge in [0, 0.05) is 18.0 Å². The van der Waals surface area contributed by atoms with Gasteiger partial charge in [-0.3, -0.25) is 4.79 Å². The van der Waals surface area contributed by atoms with Gasteiger partial charge in [-0.2, -0.15) is 0 Å². The number of hydrogen-bond donors (Lipinski definition) is 0. The van der Waals surface area contributed by atoms with Crippen molar-refractivity contribution in [3.05, 3.63) is 21.8 Å². The minimum atomic E-state index is 0.629. The molecule has 5 heteroatoms. The second-order valence-corrected chi connectivity index (χ2v) is 4.79. The van der Waals surface area contributed by atoms with Crippen LogP contribution in [0.2, 0.25) is 0 Å². The van der Waals surface area contributed by atoms with Crippen molar-refractivity contribution in [2.24, 2.45) is 4.99 Å². The summed E-state index contributed by atoms with van der Waals surface area (Å²) in [5.41, 5.74) is 0.706. The van der Waals surface area contributed by atoms with Crippen LogP contribution in [0.4, 0.5) is 0 Å². The number of nitrogens with zero attached hydrogens (tertiary/aromatic N) is 2. The number of rotatable bonds is 1. The average molecular weight is 245 g/mol. The molecule has 0 atom stereocenters. The molecule has 0 fully saturated rings. The third-order valence-corrected chi connectivity index (χ3v) is 3.05. The molecule has 12 heavy (non-hydrogen) atoms. The Kier molecular flexibility index (Phi) is 2.06. The van der Waals surface area contributed by atoms with Crippen molar-refractivity contribution in [1.29, 1.82) is 0 Å². The fourth-order valence-corrected chi connectivity index (χ4v) is 2.38. The molecule has 2 aliphatic heterocycles. The highest BCUT2D eigenvalue weighted by molar-refractivity contribution is 9.14. The monoisotopic (exact) mass is 244 g/mol. The summed E-state index contributed by atoms with van der Waals surface area (Å²) in [6.07, 6.45) is 4.39. The van der Waals surface area contributed by atoms with Gasteiger partial charge < -0.3 is 4.90 Å².